The van der Waals surface area contributed by atoms with Crippen molar-refractivity contribution in [2.45, 2.75) is 44.2 Å². The molecule has 112 valence electrons. The van der Waals surface area contributed by atoms with Crippen LogP contribution in [-0.4, -0.2) is 69.1 Å². The average molecular weight is 284 g/mol. The van der Waals surface area contributed by atoms with Crippen LogP contribution in [0.3, 0.4) is 0 Å². The van der Waals surface area contributed by atoms with E-state index in [0.717, 1.165) is 6.42 Å². The predicted octanol–water partition coefficient (Wildman–Crippen LogP) is -0.565. The molecule has 2 aliphatic rings. The number of carboxylic acids is 1. The number of rotatable bonds is 2. The van der Waals surface area contributed by atoms with Gasteiger partial charge in [0.1, 0.15) is 6.04 Å². The molecule has 0 aliphatic carbocycles. The zero-order chi connectivity index (χ0) is 14.9. The highest BCUT2D eigenvalue weighted by atomic mass is 16.4. The van der Waals surface area contributed by atoms with Gasteiger partial charge in [-0.05, 0) is 25.7 Å². The second kappa shape index (κ2) is 5.40. The predicted molar refractivity (Wildman–Crippen MR) is 68.8 cm³/mol. The van der Waals surface area contributed by atoms with Gasteiger partial charge >= 0.3 is 5.97 Å². The van der Waals surface area contributed by atoms with Gasteiger partial charge in [-0.2, -0.15) is 0 Å². The Kier molecular flexibility index (Phi) is 3.99. The van der Waals surface area contributed by atoms with Gasteiger partial charge in [0.05, 0.1) is 6.54 Å². The minimum atomic E-state index is -1.87. The van der Waals surface area contributed by atoms with Crippen molar-refractivity contribution < 1.29 is 24.6 Å². The molecule has 2 aliphatic heterocycles. The molecular weight excluding hydrogens is 264 g/mol. The lowest BCUT2D eigenvalue weighted by Crippen LogP contribution is -2.58. The van der Waals surface area contributed by atoms with E-state index in [2.05, 4.69) is 0 Å². The van der Waals surface area contributed by atoms with Crippen molar-refractivity contribution in [3.8, 4) is 0 Å². The van der Waals surface area contributed by atoms with E-state index in [1.807, 2.05) is 0 Å². The number of nitrogens with zero attached hydrogens (tertiary/aromatic N) is 2. The van der Waals surface area contributed by atoms with Gasteiger partial charge in [-0.25, -0.2) is 4.79 Å². The summed E-state index contributed by atoms with van der Waals surface area (Å²) in [6.07, 6.45) is 1.96. The smallest absolute Gasteiger partial charge is 0.337 e. The molecule has 2 rings (SSSR count). The number of aliphatic carboxylic acids is 1. The molecule has 0 aromatic rings. The largest absolute Gasteiger partial charge is 0.479 e. The van der Waals surface area contributed by atoms with Crippen LogP contribution < -0.4 is 0 Å². The summed E-state index contributed by atoms with van der Waals surface area (Å²) in [6.45, 7) is 2.21. The van der Waals surface area contributed by atoms with Crippen LogP contribution in [0.2, 0.25) is 0 Å². The average Bonchev–Trinajstić information content (AvgIpc) is 2.87. The molecular formula is C13H20N2O5. The number of carbonyl (C=O) groups excluding carboxylic acids is 2. The number of carboxylic acid groups (broad SMARTS) is 1. The first kappa shape index (κ1) is 14.8. The topological polar surface area (TPSA) is 98.2 Å². The number of amides is 2. The van der Waals surface area contributed by atoms with Gasteiger partial charge < -0.3 is 20.0 Å². The van der Waals surface area contributed by atoms with Gasteiger partial charge in [0.25, 0.3) is 0 Å². The standard InChI is InChI=1S/C13H20N2O5/c1-9(16)15-7-2-4-10(15)11(17)14-6-3-5-13(20,8-14)12(18)19/h10,20H,2-8H2,1H3,(H,18,19)/t10-,13?/m1/s1. The molecule has 7 heteroatoms. The van der Waals surface area contributed by atoms with Crippen LogP contribution in [0, 0.1) is 0 Å². The molecule has 2 saturated heterocycles. The van der Waals surface area contributed by atoms with Gasteiger partial charge in [0.2, 0.25) is 11.8 Å². The summed E-state index contributed by atoms with van der Waals surface area (Å²) in [7, 11) is 0. The maximum atomic E-state index is 12.5. The minimum absolute atomic E-state index is 0.146. The van der Waals surface area contributed by atoms with E-state index in [-0.39, 0.29) is 24.8 Å². The Morgan fingerprint density at radius 3 is 2.50 bits per heavy atom. The van der Waals surface area contributed by atoms with E-state index >= 15 is 0 Å². The van der Waals surface area contributed by atoms with Crippen LogP contribution in [0.15, 0.2) is 0 Å². The van der Waals surface area contributed by atoms with Crippen LogP contribution in [0.4, 0.5) is 0 Å². The molecule has 0 bridgehead atoms. The molecule has 1 unspecified atom stereocenters. The normalized spacial score (nSPS) is 30.4. The highest BCUT2D eigenvalue weighted by Crippen LogP contribution is 2.25. The van der Waals surface area contributed by atoms with Gasteiger partial charge in [0, 0.05) is 20.0 Å². The van der Waals surface area contributed by atoms with Gasteiger partial charge in [-0.3, -0.25) is 9.59 Å². The first-order chi connectivity index (χ1) is 9.35. The monoisotopic (exact) mass is 284 g/mol. The zero-order valence-corrected chi connectivity index (χ0v) is 11.5. The van der Waals surface area contributed by atoms with Crippen LogP contribution in [0.5, 0.6) is 0 Å². The molecule has 0 spiro atoms. The van der Waals surface area contributed by atoms with Crippen molar-refractivity contribution >= 4 is 17.8 Å². The number of carbonyl (C=O) groups is 3. The van der Waals surface area contributed by atoms with Crippen molar-refractivity contribution in [2.75, 3.05) is 19.6 Å². The molecule has 0 saturated carbocycles. The van der Waals surface area contributed by atoms with E-state index in [4.69, 9.17) is 5.11 Å². The van der Waals surface area contributed by atoms with Crippen molar-refractivity contribution in [3.05, 3.63) is 0 Å². The quantitative estimate of drug-likeness (QED) is 0.708. The molecule has 0 radical (unpaired) electrons. The van der Waals surface area contributed by atoms with Crippen LogP contribution in [0.1, 0.15) is 32.6 Å². The summed E-state index contributed by atoms with van der Waals surface area (Å²) in [6, 6.07) is -0.511. The fourth-order valence-electron chi connectivity index (χ4n) is 3.01. The Balaban J connectivity index is 2.09. The molecule has 7 nitrogen and oxygen atoms in total. The Morgan fingerprint density at radius 1 is 1.20 bits per heavy atom. The fourth-order valence-corrected chi connectivity index (χ4v) is 3.01. The number of aliphatic hydroxyl groups is 1. The second-order valence-electron chi connectivity index (χ2n) is 5.57. The summed E-state index contributed by atoms with van der Waals surface area (Å²) in [5, 5.41) is 19.1. The number of hydrogen-bond donors (Lipinski definition) is 2. The maximum Gasteiger partial charge on any atom is 0.337 e. The van der Waals surface area contributed by atoms with Crippen molar-refractivity contribution in [1.82, 2.24) is 9.80 Å². The summed E-state index contributed by atoms with van der Waals surface area (Å²) in [5.74, 6) is -1.70. The van der Waals surface area contributed by atoms with Gasteiger partial charge in [-0.15, -0.1) is 0 Å². The van der Waals surface area contributed by atoms with Crippen LogP contribution >= 0.6 is 0 Å². The van der Waals surface area contributed by atoms with Gasteiger partial charge in [-0.1, -0.05) is 0 Å². The van der Waals surface area contributed by atoms with Crippen molar-refractivity contribution in [3.63, 3.8) is 0 Å². The van der Waals surface area contributed by atoms with Crippen molar-refractivity contribution in [2.24, 2.45) is 0 Å². The molecule has 2 amide bonds. The third kappa shape index (κ3) is 2.63. The molecule has 0 aromatic carbocycles. The highest BCUT2D eigenvalue weighted by Gasteiger charge is 2.44. The van der Waals surface area contributed by atoms with E-state index in [1.54, 1.807) is 0 Å². The van der Waals surface area contributed by atoms with E-state index < -0.39 is 17.6 Å². The molecule has 2 atom stereocenters. The molecule has 2 heterocycles. The van der Waals surface area contributed by atoms with E-state index in [9.17, 15) is 19.5 Å². The van der Waals surface area contributed by atoms with Crippen molar-refractivity contribution in [1.29, 1.82) is 0 Å². The number of hydrogen-bond acceptors (Lipinski definition) is 4. The third-order valence-corrected chi connectivity index (χ3v) is 4.12. The van der Waals surface area contributed by atoms with Crippen LogP contribution in [0.25, 0.3) is 0 Å². The zero-order valence-electron chi connectivity index (χ0n) is 11.5. The highest BCUT2D eigenvalue weighted by molar-refractivity contribution is 5.88. The van der Waals surface area contributed by atoms with E-state index in [0.29, 0.717) is 25.9 Å². The Bertz CT molecular complexity index is 438. The van der Waals surface area contributed by atoms with Gasteiger partial charge in [0.15, 0.2) is 5.60 Å². The number of β-amino-alcohol motifs (C(OH)–C–C–N with tert-alkyl or cyclic N) is 1. The summed E-state index contributed by atoms with van der Waals surface area (Å²) < 4.78 is 0. The number of likely N-dealkylation sites (tertiary alicyclic amines) is 2. The lowest BCUT2D eigenvalue weighted by molar-refractivity contribution is -0.167. The fraction of sp³-hybridized carbons (Fsp3) is 0.769. The van der Waals surface area contributed by atoms with E-state index in [1.165, 1.54) is 16.7 Å². The third-order valence-electron chi connectivity index (χ3n) is 4.12. The Hall–Kier alpha value is -1.63. The Labute approximate surface area is 117 Å². The SMILES string of the molecule is CC(=O)N1CCC[C@@H]1C(=O)N1CCCC(O)(C(=O)O)C1. The minimum Gasteiger partial charge on any atom is -0.479 e. The first-order valence-corrected chi connectivity index (χ1v) is 6.87. The molecule has 0 aromatic heterocycles. The Morgan fingerprint density at radius 2 is 1.90 bits per heavy atom. The molecule has 2 N–H and O–H groups in total. The van der Waals surface area contributed by atoms with Crippen LogP contribution in [-0.2, 0) is 14.4 Å². The second-order valence-corrected chi connectivity index (χ2v) is 5.57. The number of piperidine rings is 1. The first-order valence-electron chi connectivity index (χ1n) is 6.87. The lowest BCUT2D eigenvalue weighted by Gasteiger charge is -2.38. The summed E-state index contributed by atoms with van der Waals surface area (Å²) in [5.41, 5.74) is -1.87. The maximum absolute atomic E-state index is 12.5. The molecule has 2 fully saturated rings. The molecule has 20 heavy (non-hydrogen) atoms. The lowest BCUT2D eigenvalue weighted by atomic mass is 9.92. The summed E-state index contributed by atoms with van der Waals surface area (Å²) >= 11 is 0. The summed E-state index contributed by atoms with van der Waals surface area (Å²) in [4.78, 5) is 37.9.